The molecule has 1 aromatic rings. The van der Waals surface area contributed by atoms with Crippen LogP contribution in [0.25, 0.3) is 0 Å². The molecule has 1 saturated heterocycles. The van der Waals surface area contributed by atoms with Gasteiger partial charge < -0.3 is 21.1 Å². The Morgan fingerprint density at radius 1 is 1.45 bits per heavy atom. The summed E-state index contributed by atoms with van der Waals surface area (Å²) in [5, 5.41) is 11.5. The van der Waals surface area contributed by atoms with Crippen LogP contribution >= 0.6 is 0 Å². The van der Waals surface area contributed by atoms with Crippen molar-refractivity contribution in [2.75, 3.05) is 24.5 Å². The fourth-order valence-electron chi connectivity index (χ4n) is 2.37. The number of piperazine rings is 1. The highest BCUT2D eigenvalue weighted by Crippen LogP contribution is 2.27. The number of hydrogen-bond acceptors (Lipinski definition) is 4. The molecule has 1 amide bonds. The van der Waals surface area contributed by atoms with Gasteiger partial charge in [0.2, 0.25) is 5.91 Å². The highest BCUT2D eigenvalue weighted by atomic mass is 16.4. The molecule has 1 heterocycles. The maximum absolute atomic E-state index is 11.5. The van der Waals surface area contributed by atoms with Crippen LogP contribution in [0.4, 0.5) is 5.69 Å². The third-order valence-corrected chi connectivity index (χ3v) is 3.38. The first kappa shape index (κ1) is 14.3. The lowest BCUT2D eigenvalue weighted by molar-refractivity contribution is -0.137. The van der Waals surface area contributed by atoms with Gasteiger partial charge in [-0.15, -0.1) is 0 Å². The van der Waals surface area contributed by atoms with Crippen molar-refractivity contribution < 1.29 is 14.7 Å². The zero-order valence-electron chi connectivity index (χ0n) is 11.2. The van der Waals surface area contributed by atoms with Gasteiger partial charge in [0.05, 0.1) is 6.54 Å². The van der Waals surface area contributed by atoms with Crippen LogP contribution in [0.15, 0.2) is 24.3 Å². The van der Waals surface area contributed by atoms with Crippen LogP contribution in [0.1, 0.15) is 24.4 Å². The van der Waals surface area contributed by atoms with Crippen molar-refractivity contribution >= 4 is 17.6 Å². The molecule has 6 nitrogen and oxygen atoms in total. The van der Waals surface area contributed by atoms with E-state index in [9.17, 15) is 9.59 Å². The van der Waals surface area contributed by atoms with Gasteiger partial charge in [0.25, 0.3) is 0 Å². The first-order valence-corrected chi connectivity index (χ1v) is 6.66. The average molecular weight is 277 g/mol. The van der Waals surface area contributed by atoms with Gasteiger partial charge in [0.1, 0.15) is 0 Å². The first-order valence-electron chi connectivity index (χ1n) is 6.66. The van der Waals surface area contributed by atoms with E-state index in [0.29, 0.717) is 19.5 Å². The van der Waals surface area contributed by atoms with Crippen LogP contribution in [-0.4, -0.2) is 36.6 Å². The van der Waals surface area contributed by atoms with Crippen LogP contribution in [0, 0.1) is 0 Å². The lowest BCUT2D eigenvalue weighted by atomic mass is 10.00. The molecule has 0 radical (unpaired) electrons. The molecular weight excluding hydrogens is 258 g/mol. The molecule has 0 aromatic heterocycles. The first-order chi connectivity index (χ1) is 9.58. The minimum Gasteiger partial charge on any atom is -0.481 e. The van der Waals surface area contributed by atoms with E-state index in [0.717, 1.165) is 17.8 Å². The molecule has 2 rings (SSSR count). The summed E-state index contributed by atoms with van der Waals surface area (Å²) in [6, 6.07) is 7.26. The fourth-order valence-corrected chi connectivity index (χ4v) is 2.37. The van der Waals surface area contributed by atoms with Crippen LogP contribution in [0.2, 0.25) is 0 Å². The van der Waals surface area contributed by atoms with E-state index >= 15 is 0 Å². The third kappa shape index (κ3) is 3.48. The van der Waals surface area contributed by atoms with Gasteiger partial charge in [-0.25, -0.2) is 0 Å². The molecule has 1 aromatic carbocycles. The Balaban J connectivity index is 2.16. The Kier molecular flexibility index (Phi) is 4.57. The molecule has 0 spiro atoms. The van der Waals surface area contributed by atoms with Gasteiger partial charge in [-0.3, -0.25) is 9.59 Å². The number of carboxylic acid groups (broad SMARTS) is 1. The summed E-state index contributed by atoms with van der Waals surface area (Å²) in [7, 11) is 0. The number of hydrogen-bond donors (Lipinski definition) is 3. The van der Waals surface area contributed by atoms with Gasteiger partial charge >= 0.3 is 5.97 Å². The van der Waals surface area contributed by atoms with Gasteiger partial charge in [0, 0.05) is 31.2 Å². The molecule has 4 N–H and O–H groups in total. The Labute approximate surface area is 117 Å². The standard InChI is InChI=1S/C14H19N3O3/c15-11(5-6-14(19)20)10-3-1-2-4-12(10)17-8-7-16-13(18)9-17/h1-4,11H,5-9,15H2,(H,16,18)(H,19,20). The molecule has 0 bridgehead atoms. The number of aliphatic carboxylic acids is 1. The third-order valence-electron chi connectivity index (χ3n) is 3.38. The molecule has 1 fully saturated rings. The second-order valence-corrected chi connectivity index (χ2v) is 4.87. The number of carbonyl (C=O) groups excluding carboxylic acids is 1. The van der Waals surface area contributed by atoms with Crippen molar-refractivity contribution in [1.29, 1.82) is 0 Å². The Morgan fingerprint density at radius 2 is 2.20 bits per heavy atom. The minimum absolute atomic E-state index is 0.00911. The summed E-state index contributed by atoms with van der Waals surface area (Å²) in [4.78, 5) is 24.1. The van der Waals surface area contributed by atoms with E-state index in [1.165, 1.54) is 0 Å². The van der Waals surface area contributed by atoms with Crippen molar-refractivity contribution in [3.05, 3.63) is 29.8 Å². The Hall–Kier alpha value is -2.08. The zero-order chi connectivity index (χ0) is 14.5. The molecule has 6 heteroatoms. The summed E-state index contributed by atoms with van der Waals surface area (Å²) in [5.74, 6) is -0.861. The van der Waals surface area contributed by atoms with Gasteiger partial charge in [-0.05, 0) is 18.1 Å². The monoisotopic (exact) mass is 277 g/mol. The molecule has 0 aliphatic carbocycles. The summed E-state index contributed by atoms with van der Waals surface area (Å²) >= 11 is 0. The molecule has 1 unspecified atom stereocenters. The number of anilines is 1. The normalized spacial score (nSPS) is 16.6. The number of nitrogens with zero attached hydrogens (tertiary/aromatic N) is 1. The highest BCUT2D eigenvalue weighted by molar-refractivity contribution is 5.83. The molecule has 1 aliphatic rings. The summed E-state index contributed by atoms with van der Waals surface area (Å²) in [5.41, 5.74) is 7.90. The SMILES string of the molecule is NC(CCC(=O)O)c1ccccc1N1CCNC(=O)C1. The molecule has 108 valence electrons. The largest absolute Gasteiger partial charge is 0.481 e. The van der Waals surface area contributed by atoms with E-state index < -0.39 is 5.97 Å². The number of benzene rings is 1. The summed E-state index contributed by atoms with van der Waals surface area (Å²) < 4.78 is 0. The second kappa shape index (κ2) is 6.38. The molecular formula is C14H19N3O3. The van der Waals surface area contributed by atoms with Crippen molar-refractivity contribution in [2.45, 2.75) is 18.9 Å². The van der Waals surface area contributed by atoms with Crippen LogP contribution in [0.5, 0.6) is 0 Å². The van der Waals surface area contributed by atoms with Gasteiger partial charge in [0.15, 0.2) is 0 Å². The fraction of sp³-hybridized carbons (Fsp3) is 0.429. The van der Waals surface area contributed by atoms with E-state index in [4.69, 9.17) is 10.8 Å². The number of nitrogens with two attached hydrogens (primary N) is 1. The van der Waals surface area contributed by atoms with Gasteiger partial charge in [-0.2, -0.15) is 0 Å². The molecule has 0 saturated carbocycles. The zero-order valence-corrected chi connectivity index (χ0v) is 11.2. The van der Waals surface area contributed by atoms with Crippen molar-refractivity contribution in [3.8, 4) is 0 Å². The Bertz CT molecular complexity index is 504. The van der Waals surface area contributed by atoms with Crippen LogP contribution in [-0.2, 0) is 9.59 Å². The summed E-state index contributed by atoms with van der Waals surface area (Å²) in [6.07, 6.45) is 0.419. The second-order valence-electron chi connectivity index (χ2n) is 4.87. The highest BCUT2D eigenvalue weighted by Gasteiger charge is 2.21. The predicted octanol–water partition coefficient (Wildman–Crippen LogP) is 0.487. The number of carboxylic acids is 1. The molecule has 20 heavy (non-hydrogen) atoms. The van der Waals surface area contributed by atoms with E-state index in [1.807, 2.05) is 29.2 Å². The van der Waals surface area contributed by atoms with Crippen LogP contribution < -0.4 is 16.0 Å². The lowest BCUT2D eigenvalue weighted by Crippen LogP contribution is -2.48. The predicted molar refractivity (Wildman–Crippen MR) is 75.5 cm³/mol. The smallest absolute Gasteiger partial charge is 0.303 e. The minimum atomic E-state index is -0.852. The maximum Gasteiger partial charge on any atom is 0.303 e. The van der Waals surface area contributed by atoms with Crippen LogP contribution in [0.3, 0.4) is 0 Å². The number of nitrogens with one attached hydrogen (secondary N) is 1. The number of carbonyl (C=O) groups is 2. The number of amides is 1. The van der Waals surface area contributed by atoms with Crippen molar-refractivity contribution in [2.24, 2.45) is 5.73 Å². The lowest BCUT2D eigenvalue weighted by Gasteiger charge is -2.31. The van der Waals surface area contributed by atoms with Crippen molar-refractivity contribution in [1.82, 2.24) is 5.32 Å². The quantitative estimate of drug-likeness (QED) is 0.728. The number of rotatable bonds is 5. The van der Waals surface area contributed by atoms with E-state index in [-0.39, 0.29) is 18.4 Å². The van der Waals surface area contributed by atoms with E-state index in [1.54, 1.807) is 0 Å². The van der Waals surface area contributed by atoms with Gasteiger partial charge in [-0.1, -0.05) is 18.2 Å². The topological polar surface area (TPSA) is 95.7 Å². The molecule has 1 atom stereocenters. The Morgan fingerprint density at radius 3 is 2.90 bits per heavy atom. The van der Waals surface area contributed by atoms with Crippen molar-refractivity contribution in [3.63, 3.8) is 0 Å². The average Bonchev–Trinajstić information content (AvgIpc) is 2.44. The van der Waals surface area contributed by atoms with E-state index in [2.05, 4.69) is 5.32 Å². The maximum atomic E-state index is 11.5. The summed E-state index contributed by atoms with van der Waals surface area (Å²) in [6.45, 7) is 1.65. The molecule has 1 aliphatic heterocycles. The number of para-hydroxylation sites is 1.